The van der Waals surface area contributed by atoms with Gasteiger partial charge in [-0.2, -0.15) is 0 Å². The van der Waals surface area contributed by atoms with Crippen LogP contribution in [0.5, 0.6) is 5.75 Å². The van der Waals surface area contributed by atoms with E-state index in [0.717, 1.165) is 11.1 Å². The molecule has 1 aromatic rings. The highest BCUT2D eigenvalue weighted by Gasteiger charge is 2.18. The average molecular weight is 243 g/mol. The summed E-state index contributed by atoms with van der Waals surface area (Å²) < 4.78 is 0. The van der Waals surface area contributed by atoms with Crippen LogP contribution in [0.15, 0.2) is 18.2 Å². The number of phenols is 1. The zero-order chi connectivity index (χ0) is 10.1. The van der Waals surface area contributed by atoms with Gasteiger partial charge >= 0.3 is 0 Å². The van der Waals surface area contributed by atoms with Gasteiger partial charge in [-0.25, -0.2) is 0 Å². The van der Waals surface area contributed by atoms with E-state index in [1.165, 1.54) is 0 Å². The first kappa shape index (κ1) is 10.6. The quantitative estimate of drug-likeness (QED) is 0.747. The Morgan fingerprint density at radius 2 is 1.92 bits per heavy atom. The van der Waals surface area contributed by atoms with Crippen LogP contribution in [0, 0.1) is 0 Å². The number of hydrogen-bond donors (Lipinski definition) is 1. The number of halogens is 1. The van der Waals surface area contributed by atoms with E-state index >= 15 is 0 Å². The maximum atomic E-state index is 9.89. The first-order valence-electron chi connectivity index (χ1n) is 4.34. The molecular weight excluding hydrogens is 228 g/mol. The Labute approximate surface area is 87.9 Å². The van der Waals surface area contributed by atoms with E-state index in [2.05, 4.69) is 36.7 Å². The lowest BCUT2D eigenvalue weighted by atomic mass is 9.85. The number of aromatic hydroxyl groups is 1. The van der Waals surface area contributed by atoms with Gasteiger partial charge in [0.1, 0.15) is 5.75 Å². The predicted octanol–water partition coefficient (Wildman–Crippen LogP) is 3.58. The molecule has 0 saturated carbocycles. The van der Waals surface area contributed by atoms with Gasteiger partial charge in [0.25, 0.3) is 0 Å². The summed E-state index contributed by atoms with van der Waals surface area (Å²) in [6.07, 6.45) is 0. The number of rotatable bonds is 1. The molecule has 0 aliphatic heterocycles. The van der Waals surface area contributed by atoms with Crippen molar-refractivity contribution < 1.29 is 5.11 Å². The molecule has 1 aromatic carbocycles. The second-order valence-electron chi connectivity index (χ2n) is 4.20. The maximum Gasteiger partial charge on any atom is 0.123 e. The summed E-state index contributed by atoms with van der Waals surface area (Å²) in [5, 5.41) is 10.6. The summed E-state index contributed by atoms with van der Waals surface area (Å²) in [6.45, 7) is 6.29. The van der Waals surface area contributed by atoms with E-state index < -0.39 is 0 Å². The van der Waals surface area contributed by atoms with Crippen LogP contribution in [0.3, 0.4) is 0 Å². The molecule has 0 aliphatic carbocycles. The van der Waals surface area contributed by atoms with Crippen molar-refractivity contribution in [1.29, 1.82) is 0 Å². The van der Waals surface area contributed by atoms with Crippen molar-refractivity contribution in [3.05, 3.63) is 29.3 Å². The molecule has 0 atom stereocenters. The van der Waals surface area contributed by atoms with Gasteiger partial charge in [-0.1, -0.05) is 54.9 Å². The minimum atomic E-state index is 0.00225. The Morgan fingerprint density at radius 1 is 1.31 bits per heavy atom. The highest BCUT2D eigenvalue weighted by Crippen LogP contribution is 2.33. The molecule has 1 rings (SSSR count). The van der Waals surface area contributed by atoms with Crippen molar-refractivity contribution in [3.8, 4) is 5.75 Å². The summed E-state index contributed by atoms with van der Waals surface area (Å²) in [4.78, 5) is 0. The zero-order valence-electron chi connectivity index (χ0n) is 8.26. The van der Waals surface area contributed by atoms with Crippen LogP contribution in [0.1, 0.15) is 31.9 Å². The second-order valence-corrected chi connectivity index (χ2v) is 4.76. The minimum Gasteiger partial charge on any atom is -0.507 e. The Hall–Kier alpha value is -0.500. The Bertz CT molecular complexity index is 299. The zero-order valence-corrected chi connectivity index (χ0v) is 9.85. The summed E-state index contributed by atoms with van der Waals surface area (Å²) in [6, 6.07) is 5.89. The number of phenolic OH excluding ortho intramolecular Hbond substituents is 1. The van der Waals surface area contributed by atoms with Crippen LogP contribution >= 0.6 is 15.9 Å². The summed E-state index contributed by atoms with van der Waals surface area (Å²) in [5.41, 5.74) is 1.96. The van der Waals surface area contributed by atoms with Crippen molar-refractivity contribution in [2.24, 2.45) is 0 Å². The second kappa shape index (κ2) is 3.70. The Kier molecular flexibility index (Phi) is 3.01. The molecule has 0 bridgehead atoms. The van der Waals surface area contributed by atoms with Gasteiger partial charge in [0.2, 0.25) is 0 Å². The molecule has 1 nitrogen and oxygen atoms in total. The number of hydrogen-bond acceptors (Lipinski definition) is 1. The Balaban J connectivity index is 3.24. The van der Waals surface area contributed by atoms with E-state index in [4.69, 9.17) is 0 Å². The lowest BCUT2D eigenvalue weighted by Gasteiger charge is -2.21. The maximum absolute atomic E-state index is 9.89. The normalized spacial score (nSPS) is 11.7. The first-order chi connectivity index (χ1) is 5.96. The molecule has 0 unspecified atom stereocenters. The Morgan fingerprint density at radius 3 is 2.38 bits per heavy atom. The molecule has 0 heterocycles. The van der Waals surface area contributed by atoms with Gasteiger partial charge < -0.3 is 5.11 Å². The van der Waals surface area contributed by atoms with Crippen LogP contribution in [-0.4, -0.2) is 5.11 Å². The van der Waals surface area contributed by atoms with Crippen molar-refractivity contribution in [3.63, 3.8) is 0 Å². The van der Waals surface area contributed by atoms with Gasteiger partial charge in [-0.15, -0.1) is 0 Å². The molecular formula is C11H15BrO. The monoisotopic (exact) mass is 242 g/mol. The molecule has 0 amide bonds. The van der Waals surface area contributed by atoms with E-state index in [1.807, 2.05) is 18.2 Å². The van der Waals surface area contributed by atoms with Crippen LogP contribution in [0.2, 0.25) is 0 Å². The average Bonchev–Trinajstić information content (AvgIpc) is 2.02. The largest absolute Gasteiger partial charge is 0.507 e. The molecule has 72 valence electrons. The fourth-order valence-corrected chi connectivity index (χ4v) is 1.76. The van der Waals surface area contributed by atoms with Crippen molar-refractivity contribution in [2.75, 3.05) is 0 Å². The van der Waals surface area contributed by atoms with Gasteiger partial charge in [0.05, 0.1) is 0 Å². The van der Waals surface area contributed by atoms with Crippen LogP contribution in [-0.2, 0) is 10.7 Å². The summed E-state index contributed by atoms with van der Waals surface area (Å²) in [7, 11) is 0. The van der Waals surface area contributed by atoms with E-state index in [-0.39, 0.29) is 5.41 Å². The fraction of sp³-hybridized carbons (Fsp3) is 0.455. The molecule has 0 aliphatic rings. The smallest absolute Gasteiger partial charge is 0.123 e. The third-order valence-corrected chi connectivity index (χ3v) is 2.68. The summed E-state index contributed by atoms with van der Waals surface area (Å²) in [5.74, 6) is 0.423. The molecule has 1 N–H and O–H groups in total. The third kappa shape index (κ3) is 2.25. The number of benzene rings is 1. The molecule has 0 radical (unpaired) electrons. The van der Waals surface area contributed by atoms with Crippen molar-refractivity contribution in [1.82, 2.24) is 0 Å². The molecule has 13 heavy (non-hydrogen) atoms. The van der Waals surface area contributed by atoms with Gasteiger partial charge in [-0.05, 0) is 11.0 Å². The summed E-state index contributed by atoms with van der Waals surface area (Å²) >= 11 is 3.35. The van der Waals surface area contributed by atoms with E-state index in [1.54, 1.807) is 0 Å². The van der Waals surface area contributed by atoms with Crippen LogP contribution in [0.25, 0.3) is 0 Å². The highest BCUT2D eigenvalue weighted by atomic mass is 79.9. The van der Waals surface area contributed by atoms with Gasteiger partial charge in [0, 0.05) is 10.9 Å². The SMILES string of the molecule is CC(C)(C)c1cccc(CBr)c1O. The lowest BCUT2D eigenvalue weighted by molar-refractivity contribution is 0.442. The van der Waals surface area contributed by atoms with E-state index in [0.29, 0.717) is 11.1 Å². The van der Waals surface area contributed by atoms with E-state index in [9.17, 15) is 5.11 Å². The van der Waals surface area contributed by atoms with Crippen LogP contribution < -0.4 is 0 Å². The van der Waals surface area contributed by atoms with Gasteiger partial charge in [0.15, 0.2) is 0 Å². The number of para-hydroxylation sites is 1. The number of alkyl halides is 1. The van der Waals surface area contributed by atoms with Crippen LogP contribution in [0.4, 0.5) is 0 Å². The highest BCUT2D eigenvalue weighted by molar-refractivity contribution is 9.08. The molecule has 0 spiro atoms. The first-order valence-corrected chi connectivity index (χ1v) is 5.46. The van der Waals surface area contributed by atoms with Crippen molar-refractivity contribution in [2.45, 2.75) is 31.5 Å². The molecule has 0 aromatic heterocycles. The third-order valence-electron chi connectivity index (χ3n) is 2.07. The standard InChI is InChI=1S/C11H15BrO/c1-11(2,3)9-6-4-5-8(7-12)10(9)13/h4-6,13H,7H2,1-3H3. The fourth-order valence-electron chi connectivity index (χ4n) is 1.30. The molecule has 0 saturated heterocycles. The predicted molar refractivity (Wildman–Crippen MR) is 59.4 cm³/mol. The topological polar surface area (TPSA) is 20.2 Å². The minimum absolute atomic E-state index is 0.00225. The van der Waals surface area contributed by atoms with Gasteiger partial charge in [-0.3, -0.25) is 0 Å². The molecule has 2 heteroatoms. The molecule has 0 fully saturated rings. The lowest BCUT2D eigenvalue weighted by Crippen LogP contribution is -2.11. The van der Waals surface area contributed by atoms with Crippen molar-refractivity contribution >= 4 is 15.9 Å².